The van der Waals surface area contributed by atoms with E-state index in [0.29, 0.717) is 24.5 Å². The van der Waals surface area contributed by atoms with Crippen molar-refractivity contribution < 1.29 is 8.42 Å². The van der Waals surface area contributed by atoms with Crippen molar-refractivity contribution >= 4 is 10.0 Å². The minimum Gasteiger partial charge on any atom is -0.348 e. The maximum atomic E-state index is 13.2. The van der Waals surface area contributed by atoms with Crippen molar-refractivity contribution in [2.45, 2.75) is 70.5 Å². The van der Waals surface area contributed by atoms with E-state index < -0.39 is 10.0 Å². The van der Waals surface area contributed by atoms with E-state index in [0.717, 1.165) is 62.5 Å². The van der Waals surface area contributed by atoms with E-state index in [1.807, 2.05) is 24.5 Å². The highest BCUT2D eigenvalue weighted by atomic mass is 32.2. The maximum Gasteiger partial charge on any atom is 0.242 e. The molecular weight excluding hydrogens is 486 g/mol. The Morgan fingerprint density at radius 1 is 0.865 bits per heavy atom. The number of nitrogens with zero attached hydrogens (tertiary/aromatic N) is 5. The zero-order valence-corrected chi connectivity index (χ0v) is 23.5. The highest BCUT2D eigenvalue weighted by molar-refractivity contribution is 7.89. The molecule has 1 unspecified atom stereocenters. The normalized spacial score (nSPS) is 13.2. The molecule has 0 saturated heterocycles. The van der Waals surface area contributed by atoms with Gasteiger partial charge in [-0.2, -0.15) is 0 Å². The average molecular weight is 530 g/mol. The summed E-state index contributed by atoms with van der Waals surface area (Å²) in [5.41, 5.74) is 1.03. The zero-order valence-electron chi connectivity index (χ0n) is 22.7. The highest BCUT2D eigenvalue weighted by Gasteiger charge is 2.22. The summed E-state index contributed by atoms with van der Waals surface area (Å²) < 4.78 is 27.8. The molecule has 10 heteroatoms. The minimum atomic E-state index is -3.52. The molecule has 0 fully saturated rings. The molecule has 9 nitrogen and oxygen atoms in total. The number of unbranched alkanes of at least 4 members (excludes halogenated alkanes) is 1. The number of nitrogens with one attached hydrogen (secondary N) is 2. The van der Waals surface area contributed by atoms with Crippen LogP contribution < -0.4 is 0 Å². The Kier molecular flexibility index (Phi) is 11.3. The molecule has 0 aliphatic rings. The van der Waals surface area contributed by atoms with Crippen LogP contribution in [0.2, 0.25) is 0 Å². The number of hydrogen-bond donors (Lipinski definition) is 2. The second kappa shape index (κ2) is 14.4. The van der Waals surface area contributed by atoms with E-state index >= 15 is 0 Å². The Labute approximate surface area is 222 Å². The summed E-state index contributed by atoms with van der Waals surface area (Å²) in [6.45, 7) is 11.5. The fourth-order valence-electron chi connectivity index (χ4n) is 4.52. The third kappa shape index (κ3) is 8.49. The standard InChI is InChI=1S/C27H43N7O2S/c1-5-17-33(18-6-2)20-8-7-19-32(4)37(35,36)25-11-9-24(10-12-25)21-34(22-26-28-13-14-29-26)23(3)27-30-15-16-31-27/h9-16,23H,5-8,17-22H2,1-4H3,(H,28,29)(H,30,31). The number of rotatable bonds is 17. The molecule has 37 heavy (non-hydrogen) atoms. The lowest BCUT2D eigenvalue weighted by molar-refractivity contribution is 0.181. The molecule has 0 amide bonds. The summed E-state index contributed by atoms with van der Waals surface area (Å²) in [6.07, 6.45) is 11.3. The van der Waals surface area contributed by atoms with E-state index in [-0.39, 0.29) is 6.04 Å². The lowest BCUT2D eigenvalue weighted by Crippen LogP contribution is -2.30. The second-order valence-electron chi connectivity index (χ2n) is 9.61. The van der Waals surface area contributed by atoms with E-state index in [9.17, 15) is 8.42 Å². The summed E-state index contributed by atoms with van der Waals surface area (Å²) in [5.74, 6) is 1.74. The highest BCUT2D eigenvalue weighted by Crippen LogP contribution is 2.23. The predicted octanol–water partition coefficient (Wildman–Crippen LogP) is 4.42. The lowest BCUT2D eigenvalue weighted by atomic mass is 10.1. The van der Waals surface area contributed by atoms with Gasteiger partial charge in [-0.05, 0) is 69.9 Å². The Morgan fingerprint density at radius 3 is 2.11 bits per heavy atom. The number of sulfonamides is 1. The summed E-state index contributed by atoms with van der Waals surface area (Å²) in [7, 11) is -1.85. The van der Waals surface area contributed by atoms with Crippen LogP contribution in [0, 0.1) is 0 Å². The number of hydrogen-bond acceptors (Lipinski definition) is 6. The molecule has 1 aromatic carbocycles. The Bertz CT molecular complexity index is 1110. The summed E-state index contributed by atoms with van der Waals surface area (Å²) in [5, 5.41) is 0. The van der Waals surface area contributed by atoms with E-state index in [4.69, 9.17) is 0 Å². The lowest BCUT2D eigenvalue weighted by Gasteiger charge is -2.27. The van der Waals surface area contributed by atoms with E-state index in [1.165, 1.54) is 4.31 Å². The molecule has 1 atom stereocenters. The van der Waals surface area contributed by atoms with Crippen LogP contribution in [0.15, 0.2) is 53.9 Å². The van der Waals surface area contributed by atoms with Gasteiger partial charge in [0.1, 0.15) is 11.6 Å². The van der Waals surface area contributed by atoms with E-state index in [1.54, 1.807) is 31.6 Å². The van der Waals surface area contributed by atoms with Crippen LogP contribution >= 0.6 is 0 Å². The van der Waals surface area contributed by atoms with Gasteiger partial charge in [-0.3, -0.25) is 4.90 Å². The van der Waals surface area contributed by atoms with Gasteiger partial charge in [-0.15, -0.1) is 0 Å². The van der Waals surface area contributed by atoms with Crippen LogP contribution in [0.4, 0.5) is 0 Å². The van der Waals surface area contributed by atoms with Crippen LogP contribution in [0.25, 0.3) is 0 Å². The predicted molar refractivity (Wildman–Crippen MR) is 147 cm³/mol. The molecule has 3 rings (SSSR count). The van der Waals surface area contributed by atoms with Crippen molar-refractivity contribution in [1.82, 2.24) is 34.0 Å². The van der Waals surface area contributed by atoms with Crippen molar-refractivity contribution in [2.24, 2.45) is 0 Å². The topological polar surface area (TPSA) is 101 Å². The van der Waals surface area contributed by atoms with Crippen molar-refractivity contribution in [2.75, 3.05) is 33.2 Å². The molecule has 2 aromatic heterocycles. The smallest absolute Gasteiger partial charge is 0.242 e. The van der Waals surface area contributed by atoms with Gasteiger partial charge in [0.05, 0.1) is 17.5 Å². The number of H-pyrrole nitrogens is 2. The number of imidazole rings is 2. The first kappa shape index (κ1) is 29.0. The molecule has 3 aromatic rings. The fourth-order valence-corrected chi connectivity index (χ4v) is 5.73. The van der Waals surface area contributed by atoms with Crippen LogP contribution in [0.1, 0.15) is 69.7 Å². The first-order chi connectivity index (χ1) is 17.8. The molecule has 0 saturated carbocycles. The van der Waals surface area contributed by atoms with Crippen molar-refractivity contribution in [1.29, 1.82) is 0 Å². The van der Waals surface area contributed by atoms with Crippen molar-refractivity contribution in [3.8, 4) is 0 Å². The number of aromatic nitrogens is 4. The van der Waals surface area contributed by atoms with Crippen LogP contribution in [0.5, 0.6) is 0 Å². The molecule has 0 bridgehead atoms. The SMILES string of the molecule is CCCN(CCC)CCCCN(C)S(=O)(=O)c1ccc(CN(Cc2ncc[nH]2)C(C)c2ncc[nH]2)cc1. The summed E-state index contributed by atoms with van der Waals surface area (Å²) in [6, 6.07) is 7.26. The van der Waals surface area contributed by atoms with Crippen LogP contribution in [-0.2, 0) is 23.1 Å². The molecule has 0 aliphatic heterocycles. The fraction of sp³-hybridized carbons (Fsp3) is 0.556. The van der Waals surface area contributed by atoms with Crippen LogP contribution in [0.3, 0.4) is 0 Å². The Hall–Kier alpha value is -2.53. The van der Waals surface area contributed by atoms with Crippen molar-refractivity contribution in [3.05, 3.63) is 66.3 Å². The third-order valence-corrected chi connectivity index (χ3v) is 8.54. The first-order valence-corrected chi connectivity index (χ1v) is 14.8. The maximum absolute atomic E-state index is 13.2. The Morgan fingerprint density at radius 2 is 1.51 bits per heavy atom. The van der Waals surface area contributed by atoms with E-state index in [2.05, 4.69) is 50.5 Å². The van der Waals surface area contributed by atoms with Gasteiger partial charge in [0, 0.05) is 44.9 Å². The molecule has 2 N–H and O–H groups in total. The average Bonchev–Trinajstić information content (AvgIpc) is 3.61. The van der Waals surface area contributed by atoms with Crippen LogP contribution in [-0.4, -0.2) is 75.7 Å². The molecule has 0 spiro atoms. The van der Waals surface area contributed by atoms with Gasteiger partial charge < -0.3 is 14.9 Å². The summed E-state index contributed by atoms with van der Waals surface area (Å²) >= 11 is 0. The number of aromatic amines is 2. The summed E-state index contributed by atoms with van der Waals surface area (Å²) in [4.78, 5) is 20.2. The zero-order chi connectivity index (χ0) is 26.7. The van der Waals surface area contributed by atoms with Gasteiger partial charge in [0.2, 0.25) is 10.0 Å². The van der Waals surface area contributed by atoms with Gasteiger partial charge in [0.25, 0.3) is 0 Å². The van der Waals surface area contributed by atoms with Crippen molar-refractivity contribution in [3.63, 3.8) is 0 Å². The van der Waals surface area contributed by atoms with Gasteiger partial charge in [-0.1, -0.05) is 26.0 Å². The second-order valence-corrected chi connectivity index (χ2v) is 11.7. The van der Waals surface area contributed by atoms with Gasteiger partial charge in [-0.25, -0.2) is 22.7 Å². The third-order valence-electron chi connectivity index (χ3n) is 6.66. The van der Waals surface area contributed by atoms with Gasteiger partial charge >= 0.3 is 0 Å². The first-order valence-electron chi connectivity index (χ1n) is 13.3. The minimum absolute atomic E-state index is 0.0280. The number of benzene rings is 1. The quantitative estimate of drug-likeness (QED) is 0.251. The molecule has 0 radical (unpaired) electrons. The molecular formula is C27H43N7O2S. The molecule has 2 heterocycles. The monoisotopic (exact) mass is 529 g/mol. The molecule has 0 aliphatic carbocycles. The molecule has 204 valence electrons. The van der Waals surface area contributed by atoms with Gasteiger partial charge in [0.15, 0.2) is 0 Å². The largest absolute Gasteiger partial charge is 0.348 e. The Balaban J connectivity index is 1.59.